The highest BCUT2D eigenvalue weighted by Crippen LogP contribution is 2.39. The van der Waals surface area contributed by atoms with Crippen LogP contribution >= 0.6 is 0 Å². The van der Waals surface area contributed by atoms with Crippen molar-refractivity contribution in [2.45, 2.75) is 46.3 Å². The molecule has 1 fully saturated rings. The summed E-state index contributed by atoms with van der Waals surface area (Å²) < 4.78 is 17.4. The molecule has 1 saturated heterocycles. The summed E-state index contributed by atoms with van der Waals surface area (Å²) in [5.74, 6) is 0.695. The van der Waals surface area contributed by atoms with Gasteiger partial charge in [0.05, 0.1) is 36.3 Å². The molecule has 1 atom stereocenters. The van der Waals surface area contributed by atoms with Crippen molar-refractivity contribution in [3.8, 4) is 5.75 Å². The number of morpholine rings is 1. The predicted octanol–water partition coefficient (Wildman–Crippen LogP) is 4.46. The number of carbonyl (C=O) groups excluding carboxylic acids is 1. The van der Waals surface area contributed by atoms with Crippen LogP contribution in [0.2, 0.25) is 0 Å². The molecule has 3 aromatic rings. The molecule has 0 radical (unpaired) electrons. The summed E-state index contributed by atoms with van der Waals surface area (Å²) in [7, 11) is 0. The first kappa shape index (κ1) is 24.5. The minimum Gasteiger partial charge on any atom is -0.491 e. The maximum Gasteiger partial charge on any atom is 0.290 e. The summed E-state index contributed by atoms with van der Waals surface area (Å²) in [6.07, 6.45) is 0.864. The van der Waals surface area contributed by atoms with Crippen LogP contribution in [0.25, 0.3) is 11.0 Å². The summed E-state index contributed by atoms with van der Waals surface area (Å²) in [5, 5.41) is 0.518. The standard InChI is InChI=1S/C29H34N2O5/c1-18(2)35-22-8-6-21(7-9-22)26-25-27(32)23-16-19(3)20(4)17-24(23)36-28(25)29(33)31(26)11-5-10-30-12-14-34-15-13-30/h6-9,16-18,26H,5,10-15H2,1-4H3. The highest BCUT2D eigenvalue weighted by Gasteiger charge is 2.42. The van der Waals surface area contributed by atoms with Gasteiger partial charge in [-0.25, -0.2) is 0 Å². The van der Waals surface area contributed by atoms with Crippen LogP contribution in [0.15, 0.2) is 45.6 Å². The van der Waals surface area contributed by atoms with Crippen LogP contribution in [-0.2, 0) is 4.74 Å². The fourth-order valence-electron chi connectivity index (χ4n) is 5.14. The summed E-state index contributed by atoms with van der Waals surface area (Å²) in [4.78, 5) is 31.6. The van der Waals surface area contributed by atoms with E-state index in [-0.39, 0.29) is 23.2 Å². The summed E-state index contributed by atoms with van der Waals surface area (Å²) in [6, 6.07) is 10.9. The third kappa shape index (κ3) is 4.65. The number of aryl methyl sites for hydroxylation is 2. The van der Waals surface area contributed by atoms with Crippen LogP contribution in [0.4, 0.5) is 0 Å². The SMILES string of the molecule is Cc1cc2oc3c(c(=O)c2cc1C)C(c1ccc(OC(C)C)cc1)N(CCCN1CCOCC1)C3=O. The minimum absolute atomic E-state index is 0.0615. The van der Waals surface area contributed by atoms with E-state index in [1.165, 1.54) is 0 Å². The van der Waals surface area contributed by atoms with Crippen molar-refractivity contribution in [3.05, 3.63) is 74.6 Å². The number of ether oxygens (including phenoxy) is 2. The maximum absolute atomic E-state index is 13.8. The van der Waals surface area contributed by atoms with E-state index in [0.29, 0.717) is 23.1 Å². The van der Waals surface area contributed by atoms with Crippen LogP contribution < -0.4 is 10.2 Å². The molecule has 36 heavy (non-hydrogen) atoms. The van der Waals surface area contributed by atoms with Crippen LogP contribution in [0.5, 0.6) is 5.75 Å². The van der Waals surface area contributed by atoms with E-state index in [9.17, 15) is 9.59 Å². The van der Waals surface area contributed by atoms with Crippen LogP contribution in [0.3, 0.4) is 0 Å². The molecule has 0 N–H and O–H groups in total. The molecule has 7 heteroatoms. The molecule has 2 aliphatic heterocycles. The number of fused-ring (bicyclic) bond motifs is 2. The Hall–Kier alpha value is -3.16. The Balaban J connectivity index is 1.53. The van der Waals surface area contributed by atoms with Gasteiger partial charge >= 0.3 is 0 Å². The van der Waals surface area contributed by atoms with Crippen molar-refractivity contribution in [2.24, 2.45) is 0 Å². The third-order valence-electron chi connectivity index (χ3n) is 7.13. The number of amides is 1. The van der Waals surface area contributed by atoms with Gasteiger partial charge in [0.15, 0.2) is 5.43 Å². The zero-order chi connectivity index (χ0) is 25.4. The second kappa shape index (κ2) is 10.1. The monoisotopic (exact) mass is 490 g/mol. The molecule has 2 aliphatic rings. The molecule has 190 valence electrons. The van der Waals surface area contributed by atoms with Gasteiger partial charge in [-0.05, 0) is 75.1 Å². The van der Waals surface area contributed by atoms with Gasteiger partial charge in [-0.1, -0.05) is 12.1 Å². The Kier molecular flexibility index (Phi) is 6.86. The molecule has 7 nitrogen and oxygen atoms in total. The van der Waals surface area contributed by atoms with Gasteiger partial charge in [0.25, 0.3) is 5.91 Å². The number of nitrogens with zero attached hydrogens (tertiary/aromatic N) is 2. The van der Waals surface area contributed by atoms with E-state index >= 15 is 0 Å². The zero-order valence-electron chi connectivity index (χ0n) is 21.5. The number of carbonyl (C=O) groups is 1. The van der Waals surface area contributed by atoms with Gasteiger partial charge < -0.3 is 18.8 Å². The molecular formula is C29H34N2O5. The Bertz CT molecular complexity index is 1320. The Labute approximate surface area is 211 Å². The van der Waals surface area contributed by atoms with Crippen molar-refractivity contribution in [1.29, 1.82) is 0 Å². The fraction of sp³-hybridized carbons (Fsp3) is 0.448. The fourth-order valence-corrected chi connectivity index (χ4v) is 5.14. The van der Waals surface area contributed by atoms with E-state index in [1.54, 1.807) is 4.90 Å². The minimum atomic E-state index is -0.493. The van der Waals surface area contributed by atoms with Crippen molar-refractivity contribution in [1.82, 2.24) is 9.80 Å². The molecule has 0 aliphatic carbocycles. The second-order valence-electron chi connectivity index (χ2n) is 10.1. The molecule has 1 unspecified atom stereocenters. The van der Waals surface area contributed by atoms with Gasteiger partial charge in [-0.2, -0.15) is 0 Å². The van der Waals surface area contributed by atoms with Gasteiger partial charge in [0, 0.05) is 26.2 Å². The van der Waals surface area contributed by atoms with E-state index in [0.717, 1.165) is 61.7 Å². The Morgan fingerprint density at radius 1 is 1.00 bits per heavy atom. The lowest BCUT2D eigenvalue weighted by Gasteiger charge is -2.29. The lowest BCUT2D eigenvalue weighted by atomic mass is 9.97. The van der Waals surface area contributed by atoms with Crippen molar-refractivity contribution in [2.75, 3.05) is 39.4 Å². The van der Waals surface area contributed by atoms with E-state index < -0.39 is 6.04 Å². The van der Waals surface area contributed by atoms with Gasteiger partial charge in [-0.15, -0.1) is 0 Å². The third-order valence-corrected chi connectivity index (χ3v) is 7.13. The van der Waals surface area contributed by atoms with Crippen molar-refractivity contribution in [3.63, 3.8) is 0 Å². The molecular weight excluding hydrogens is 456 g/mol. The van der Waals surface area contributed by atoms with Crippen LogP contribution in [0.1, 0.15) is 59.1 Å². The molecule has 5 rings (SSSR count). The molecule has 1 aromatic heterocycles. The summed E-state index contributed by atoms with van der Waals surface area (Å²) in [6.45, 7) is 12.6. The molecule has 0 saturated carbocycles. The van der Waals surface area contributed by atoms with Crippen molar-refractivity contribution >= 4 is 16.9 Å². The zero-order valence-corrected chi connectivity index (χ0v) is 21.5. The van der Waals surface area contributed by atoms with Gasteiger partial charge in [-0.3, -0.25) is 14.5 Å². The highest BCUT2D eigenvalue weighted by molar-refractivity contribution is 5.99. The largest absolute Gasteiger partial charge is 0.491 e. The van der Waals surface area contributed by atoms with E-state index in [4.69, 9.17) is 13.9 Å². The van der Waals surface area contributed by atoms with E-state index in [2.05, 4.69) is 4.90 Å². The summed E-state index contributed by atoms with van der Waals surface area (Å²) >= 11 is 0. The molecule has 1 amide bonds. The average Bonchev–Trinajstić information content (AvgIpc) is 3.13. The van der Waals surface area contributed by atoms with E-state index in [1.807, 2.05) is 64.1 Å². The number of hydrogen-bond acceptors (Lipinski definition) is 6. The topological polar surface area (TPSA) is 72.2 Å². The number of benzene rings is 2. The molecule has 0 bridgehead atoms. The first-order valence-electron chi connectivity index (χ1n) is 12.8. The first-order valence-corrected chi connectivity index (χ1v) is 12.8. The van der Waals surface area contributed by atoms with Crippen LogP contribution in [-0.4, -0.2) is 61.2 Å². The number of rotatable bonds is 7. The summed E-state index contributed by atoms with van der Waals surface area (Å²) in [5.41, 5.74) is 3.68. The lowest BCUT2D eigenvalue weighted by molar-refractivity contribution is 0.0353. The molecule has 2 aromatic carbocycles. The van der Waals surface area contributed by atoms with Gasteiger partial charge in [0.2, 0.25) is 5.76 Å². The second-order valence-corrected chi connectivity index (χ2v) is 10.1. The Morgan fingerprint density at radius 2 is 1.69 bits per heavy atom. The molecule has 3 heterocycles. The van der Waals surface area contributed by atoms with Gasteiger partial charge in [0.1, 0.15) is 11.3 Å². The smallest absolute Gasteiger partial charge is 0.290 e. The molecule has 0 spiro atoms. The highest BCUT2D eigenvalue weighted by atomic mass is 16.5. The lowest BCUT2D eigenvalue weighted by Crippen LogP contribution is -2.38. The number of hydrogen-bond donors (Lipinski definition) is 0. The predicted molar refractivity (Wildman–Crippen MR) is 139 cm³/mol. The van der Waals surface area contributed by atoms with Crippen molar-refractivity contribution < 1.29 is 18.7 Å². The Morgan fingerprint density at radius 3 is 2.39 bits per heavy atom. The quantitative estimate of drug-likeness (QED) is 0.487. The first-order chi connectivity index (χ1) is 17.3. The van der Waals surface area contributed by atoms with Crippen LogP contribution in [0, 0.1) is 13.8 Å². The average molecular weight is 491 g/mol. The maximum atomic E-state index is 13.8. The normalized spacial score (nSPS) is 18.3.